The van der Waals surface area contributed by atoms with Gasteiger partial charge in [-0.25, -0.2) is 9.67 Å². The fourth-order valence-electron chi connectivity index (χ4n) is 2.83. The first-order valence-electron chi connectivity index (χ1n) is 8.30. The molecular formula is C19H12ClF3N4OS. The average molecular weight is 437 g/mol. The number of para-hydroxylation sites is 1. The van der Waals surface area contributed by atoms with Crippen molar-refractivity contribution in [2.45, 2.75) is 6.18 Å². The molecule has 0 aliphatic carbocycles. The lowest BCUT2D eigenvalue weighted by molar-refractivity contribution is -0.143. The highest BCUT2D eigenvalue weighted by atomic mass is 35.5. The maximum atomic E-state index is 13.8. The zero-order valence-corrected chi connectivity index (χ0v) is 16.4. The van der Waals surface area contributed by atoms with Crippen LogP contribution in [0.15, 0.2) is 54.7 Å². The van der Waals surface area contributed by atoms with E-state index in [0.29, 0.717) is 20.4 Å². The number of carbonyl (C=O) groups is 1. The summed E-state index contributed by atoms with van der Waals surface area (Å²) in [5, 5.41) is 4.48. The van der Waals surface area contributed by atoms with Crippen molar-refractivity contribution in [3.63, 3.8) is 0 Å². The molecule has 29 heavy (non-hydrogen) atoms. The predicted molar refractivity (Wildman–Crippen MR) is 106 cm³/mol. The van der Waals surface area contributed by atoms with E-state index in [1.807, 2.05) is 12.1 Å². The van der Waals surface area contributed by atoms with Crippen molar-refractivity contribution in [3.05, 3.63) is 71.0 Å². The summed E-state index contributed by atoms with van der Waals surface area (Å²) in [6.45, 7) is 0. The number of carbonyl (C=O) groups excluding carboxylic acids is 1. The minimum Gasteiger partial charge on any atom is -0.287 e. The number of anilines is 1. The summed E-state index contributed by atoms with van der Waals surface area (Å²) in [6, 6.07) is 12.9. The first-order valence-corrected chi connectivity index (χ1v) is 9.50. The molecule has 0 saturated heterocycles. The van der Waals surface area contributed by atoms with E-state index in [1.165, 1.54) is 42.6 Å². The number of aromatic nitrogens is 3. The fraction of sp³-hybridized carbons (Fsp3) is 0.105. The number of hydrogen-bond acceptors (Lipinski definition) is 4. The van der Waals surface area contributed by atoms with Crippen molar-refractivity contribution in [2.75, 3.05) is 11.9 Å². The molecule has 5 nitrogen and oxygen atoms in total. The standard InChI is InChI=1S/C19H12ClF3N4OS/c1-26(18-25-14-4-2-3-5-15(14)29-18)17(28)13-10-24-27(16(13)19(21,22)23)12-8-6-11(20)7-9-12/h2-10H,1H3. The number of alkyl halides is 3. The van der Waals surface area contributed by atoms with E-state index in [1.54, 1.807) is 12.1 Å². The molecule has 0 bridgehead atoms. The van der Waals surface area contributed by atoms with E-state index in [-0.39, 0.29) is 5.69 Å². The third-order valence-electron chi connectivity index (χ3n) is 4.21. The molecule has 0 N–H and O–H groups in total. The molecule has 0 aliphatic heterocycles. The normalized spacial score (nSPS) is 11.8. The first-order chi connectivity index (χ1) is 13.8. The Balaban J connectivity index is 1.77. The number of halogens is 4. The Morgan fingerprint density at radius 1 is 1.14 bits per heavy atom. The Hall–Kier alpha value is -2.91. The lowest BCUT2D eigenvalue weighted by atomic mass is 10.2. The van der Waals surface area contributed by atoms with Gasteiger partial charge < -0.3 is 0 Å². The average Bonchev–Trinajstić information content (AvgIpc) is 3.31. The van der Waals surface area contributed by atoms with Crippen LogP contribution in [0.4, 0.5) is 18.3 Å². The van der Waals surface area contributed by atoms with Crippen molar-refractivity contribution in [1.82, 2.24) is 14.8 Å². The van der Waals surface area contributed by atoms with Gasteiger partial charge in [-0.3, -0.25) is 9.69 Å². The lowest BCUT2D eigenvalue weighted by Crippen LogP contribution is -2.28. The number of amides is 1. The van der Waals surface area contributed by atoms with Crippen LogP contribution in [-0.4, -0.2) is 27.7 Å². The van der Waals surface area contributed by atoms with Crippen LogP contribution in [0.1, 0.15) is 16.1 Å². The molecule has 0 atom stereocenters. The summed E-state index contributed by atoms with van der Waals surface area (Å²) < 4.78 is 43.0. The molecule has 0 radical (unpaired) electrons. The maximum Gasteiger partial charge on any atom is 0.434 e. The van der Waals surface area contributed by atoms with Crippen molar-refractivity contribution < 1.29 is 18.0 Å². The van der Waals surface area contributed by atoms with Gasteiger partial charge in [-0.15, -0.1) is 0 Å². The van der Waals surface area contributed by atoms with Crippen LogP contribution >= 0.6 is 22.9 Å². The Kier molecular flexibility index (Phi) is 4.79. The molecule has 1 amide bonds. The molecule has 0 spiro atoms. The Morgan fingerprint density at radius 2 is 1.83 bits per heavy atom. The Bertz CT molecular complexity index is 1170. The second kappa shape index (κ2) is 7.16. The molecule has 0 saturated carbocycles. The number of fused-ring (bicyclic) bond motifs is 1. The van der Waals surface area contributed by atoms with E-state index in [4.69, 9.17) is 11.6 Å². The van der Waals surface area contributed by atoms with Crippen LogP contribution in [0.3, 0.4) is 0 Å². The highest BCUT2D eigenvalue weighted by Crippen LogP contribution is 2.35. The van der Waals surface area contributed by atoms with E-state index >= 15 is 0 Å². The molecule has 2 aromatic heterocycles. The summed E-state index contributed by atoms with van der Waals surface area (Å²) in [7, 11) is 1.39. The molecule has 0 fully saturated rings. The summed E-state index contributed by atoms with van der Waals surface area (Å²) in [5.41, 5.74) is -0.907. The summed E-state index contributed by atoms with van der Waals surface area (Å²) in [6.07, 6.45) is -3.88. The molecule has 4 rings (SSSR count). The lowest BCUT2D eigenvalue weighted by Gasteiger charge is -2.16. The van der Waals surface area contributed by atoms with Crippen LogP contribution in [0.5, 0.6) is 0 Å². The van der Waals surface area contributed by atoms with Gasteiger partial charge >= 0.3 is 6.18 Å². The van der Waals surface area contributed by atoms with Gasteiger partial charge in [0.05, 0.1) is 27.7 Å². The third kappa shape index (κ3) is 3.58. The third-order valence-corrected chi connectivity index (χ3v) is 5.58. The van der Waals surface area contributed by atoms with E-state index < -0.39 is 23.3 Å². The monoisotopic (exact) mass is 436 g/mol. The predicted octanol–water partition coefficient (Wildman–Crippen LogP) is 5.43. The minimum atomic E-state index is -4.80. The Labute approximate surface area is 172 Å². The van der Waals surface area contributed by atoms with Crippen LogP contribution in [0, 0.1) is 0 Å². The van der Waals surface area contributed by atoms with Crippen LogP contribution in [0.2, 0.25) is 5.02 Å². The molecule has 0 aliphatic rings. The van der Waals surface area contributed by atoms with Crippen molar-refractivity contribution >= 4 is 44.2 Å². The van der Waals surface area contributed by atoms with Crippen LogP contribution < -0.4 is 4.90 Å². The number of rotatable bonds is 3. The topological polar surface area (TPSA) is 51.0 Å². The molecule has 2 heterocycles. The van der Waals surface area contributed by atoms with Gasteiger partial charge in [-0.1, -0.05) is 35.1 Å². The first kappa shape index (κ1) is 19.4. The van der Waals surface area contributed by atoms with Crippen LogP contribution in [0.25, 0.3) is 15.9 Å². The fourth-order valence-corrected chi connectivity index (χ4v) is 3.88. The molecule has 0 unspecified atom stereocenters. The van der Waals surface area contributed by atoms with E-state index in [2.05, 4.69) is 10.1 Å². The minimum absolute atomic E-state index is 0.142. The van der Waals surface area contributed by atoms with Crippen LogP contribution in [-0.2, 0) is 6.18 Å². The zero-order valence-electron chi connectivity index (χ0n) is 14.8. The van der Waals surface area contributed by atoms with Crippen molar-refractivity contribution in [1.29, 1.82) is 0 Å². The van der Waals surface area contributed by atoms with Gasteiger partial charge in [0.15, 0.2) is 10.8 Å². The van der Waals surface area contributed by atoms with Gasteiger partial charge in [-0.05, 0) is 36.4 Å². The largest absolute Gasteiger partial charge is 0.434 e. The smallest absolute Gasteiger partial charge is 0.287 e. The van der Waals surface area contributed by atoms with Crippen molar-refractivity contribution in [3.8, 4) is 5.69 Å². The highest BCUT2D eigenvalue weighted by molar-refractivity contribution is 7.22. The van der Waals surface area contributed by atoms with Gasteiger partial charge in [0, 0.05) is 12.1 Å². The summed E-state index contributed by atoms with van der Waals surface area (Å²) in [5.74, 6) is -0.850. The quantitative estimate of drug-likeness (QED) is 0.430. The maximum absolute atomic E-state index is 13.8. The molecule has 2 aromatic carbocycles. The summed E-state index contributed by atoms with van der Waals surface area (Å²) >= 11 is 7.03. The van der Waals surface area contributed by atoms with E-state index in [0.717, 1.165) is 15.8 Å². The van der Waals surface area contributed by atoms with Gasteiger partial charge in [-0.2, -0.15) is 18.3 Å². The number of nitrogens with zero attached hydrogens (tertiary/aromatic N) is 4. The SMILES string of the molecule is CN(C(=O)c1cnn(-c2ccc(Cl)cc2)c1C(F)(F)F)c1nc2ccccc2s1. The number of hydrogen-bond donors (Lipinski definition) is 0. The van der Waals surface area contributed by atoms with E-state index in [9.17, 15) is 18.0 Å². The second-order valence-corrected chi connectivity index (χ2v) is 7.57. The molecular weight excluding hydrogens is 425 g/mol. The van der Waals surface area contributed by atoms with Crippen molar-refractivity contribution in [2.24, 2.45) is 0 Å². The molecule has 4 aromatic rings. The highest BCUT2D eigenvalue weighted by Gasteiger charge is 2.41. The molecule has 148 valence electrons. The Morgan fingerprint density at radius 3 is 2.48 bits per heavy atom. The summed E-state index contributed by atoms with van der Waals surface area (Å²) in [4.78, 5) is 18.3. The van der Waals surface area contributed by atoms with Gasteiger partial charge in [0.1, 0.15) is 0 Å². The van der Waals surface area contributed by atoms with Gasteiger partial charge in [0.25, 0.3) is 5.91 Å². The molecule has 10 heteroatoms. The number of thiazole rings is 1. The zero-order chi connectivity index (χ0) is 20.8. The van der Waals surface area contributed by atoms with Gasteiger partial charge in [0.2, 0.25) is 0 Å². The number of benzene rings is 2. The second-order valence-electron chi connectivity index (χ2n) is 6.12.